The van der Waals surface area contributed by atoms with Gasteiger partial charge in [0.1, 0.15) is 5.60 Å². The third-order valence-corrected chi connectivity index (χ3v) is 4.61. The second-order valence-electron chi connectivity index (χ2n) is 7.60. The summed E-state index contributed by atoms with van der Waals surface area (Å²) in [5.74, 6) is 0. The van der Waals surface area contributed by atoms with E-state index in [1.54, 1.807) is 4.90 Å². The second-order valence-corrected chi connectivity index (χ2v) is 7.60. The molecule has 1 aliphatic carbocycles. The number of hydrogen-bond donors (Lipinski definition) is 1. The van der Waals surface area contributed by atoms with Crippen LogP contribution in [0.25, 0.3) is 0 Å². The maximum absolute atomic E-state index is 12.3. The van der Waals surface area contributed by atoms with Crippen LogP contribution < -0.4 is 0 Å². The molecule has 0 aromatic carbocycles. The standard InChI is InChI=1S/C16H25N3O2/c1-15(2,3)21-14(20)19-9-6-12-11(10-19)13(18-17-12)16(4)7-5-8-16/h5-10H2,1-4H3,(H,17,18). The summed E-state index contributed by atoms with van der Waals surface area (Å²) >= 11 is 0. The highest BCUT2D eigenvalue weighted by molar-refractivity contribution is 5.68. The molecule has 1 aromatic rings. The molecule has 1 aliphatic heterocycles. The largest absolute Gasteiger partial charge is 0.444 e. The number of aromatic amines is 1. The molecule has 0 atom stereocenters. The van der Waals surface area contributed by atoms with E-state index < -0.39 is 5.60 Å². The summed E-state index contributed by atoms with van der Waals surface area (Å²) in [4.78, 5) is 14.1. The first kappa shape index (κ1) is 14.4. The fraction of sp³-hybridized carbons (Fsp3) is 0.750. The zero-order valence-corrected chi connectivity index (χ0v) is 13.5. The van der Waals surface area contributed by atoms with Gasteiger partial charge in [-0.3, -0.25) is 5.10 Å². The van der Waals surface area contributed by atoms with E-state index in [4.69, 9.17) is 4.74 Å². The van der Waals surface area contributed by atoms with Crippen LogP contribution in [0, 0.1) is 0 Å². The van der Waals surface area contributed by atoms with Crippen LogP contribution in [0.1, 0.15) is 63.9 Å². The van der Waals surface area contributed by atoms with Crippen molar-refractivity contribution in [2.45, 2.75) is 70.9 Å². The number of H-pyrrole nitrogens is 1. The minimum Gasteiger partial charge on any atom is -0.444 e. The van der Waals surface area contributed by atoms with Crippen LogP contribution >= 0.6 is 0 Å². The predicted molar refractivity (Wildman–Crippen MR) is 80.1 cm³/mol. The summed E-state index contributed by atoms with van der Waals surface area (Å²) < 4.78 is 5.49. The molecule has 0 saturated heterocycles. The highest BCUT2D eigenvalue weighted by Crippen LogP contribution is 2.44. The van der Waals surface area contributed by atoms with Crippen molar-refractivity contribution in [3.05, 3.63) is 17.0 Å². The number of ether oxygens (including phenoxy) is 1. The Morgan fingerprint density at radius 2 is 2.10 bits per heavy atom. The topological polar surface area (TPSA) is 58.2 Å². The SMILES string of the molecule is CC(C)(C)OC(=O)N1CCc2[nH]nc(C3(C)CCC3)c2C1. The van der Waals surface area contributed by atoms with E-state index in [1.807, 2.05) is 20.8 Å². The fourth-order valence-corrected chi connectivity index (χ4v) is 3.22. The normalized spacial score (nSPS) is 20.7. The molecule has 1 aromatic heterocycles. The number of carbonyl (C=O) groups excluding carboxylic acids is 1. The van der Waals surface area contributed by atoms with Crippen molar-refractivity contribution in [2.75, 3.05) is 6.54 Å². The van der Waals surface area contributed by atoms with E-state index in [0.717, 1.165) is 12.1 Å². The maximum Gasteiger partial charge on any atom is 0.410 e. The number of rotatable bonds is 1. The minimum absolute atomic E-state index is 0.195. The molecule has 5 heteroatoms. The second kappa shape index (κ2) is 4.75. The molecule has 1 amide bonds. The lowest BCUT2D eigenvalue weighted by atomic mass is 9.67. The van der Waals surface area contributed by atoms with Crippen molar-refractivity contribution >= 4 is 6.09 Å². The Hall–Kier alpha value is -1.52. The predicted octanol–water partition coefficient (Wildman–Crippen LogP) is 3.14. The lowest BCUT2D eigenvalue weighted by Gasteiger charge is -2.38. The first-order chi connectivity index (χ1) is 9.78. The highest BCUT2D eigenvalue weighted by Gasteiger charge is 2.40. The smallest absolute Gasteiger partial charge is 0.410 e. The highest BCUT2D eigenvalue weighted by atomic mass is 16.6. The van der Waals surface area contributed by atoms with Crippen LogP contribution in [-0.2, 0) is 23.1 Å². The lowest BCUT2D eigenvalue weighted by molar-refractivity contribution is 0.0222. The molecular weight excluding hydrogens is 266 g/mol. The molecule has 3 rings (SSSR count). The molecule has 5 nitrogen and oxygen atoms in total. The lowest BCUT2D eigenvalue weighted by Crippen LogP contribution is -2.41. The van der Waals surface area contributed by atoms with Gasteiger partial charge in [-0.15, -0.1) is 0 Å². The first-order valence-electron chi connectivity index (χ1n) is 7.83. The average Bonchev–Trinajstić information content (AvgIpc) is 2.77. The van der Waals surface area contributed by atoms with Gasteiger partial charge in [0.2, 0.25) is 0 Å². The van der Waals surface area contributed by atoms with Crippen LogP contribution in [0.3, 0.4) is 0 Å². The van der Waals surface area contributed by atoms with Crippen molar-refractivity contribution in [1.82, 2.24) is 15.1 Å². The minimum atomic E-state index is -0.448. The van der Waals surface area contributed by atoms with Crippen molar-refractivity contribution < 1.29 is 9.53 Å². The molecule has 0 spiro atoms. The Morgan fingerprint density at radius 1 is 1.38 bits per heavy atom. The summed E-state index contributed by atoms with van der Waals surface area (Å²) in [6.07, 6.45) is 4.26. The molecule has 1 saturated carbocycles. The van der Waals surface area contributed by atoms with E-state index in [2.05, 4.69) is 17.1 Å². The Labute approximate surface area is 126 Å². The number of fused-ring (bicyclic) bond motifs is 1. The van der Waals surface area contributed by atoms with Crippen LogP contribution in [0.5, 0.6) is 0 Å². The van der Waals surface area contributed by atoms with Gasteiger partial charge in [-0.25, -0.2) is 4.79 Å². The third kappa shape index (κ3) is 2.65. The zero-order valence-electron chi connectivity index (χ0n) is 13.5. The number of hydrogen-bond acceptors (Lipinski definition) is 3. The van der Waals surface area contributed by atoms with Gasteiger partial charge in [0.25, 0.3) is 0 Å². The van der Waals surface area contributed by atoms with Gasteiger partial charge in [0.15, 0.2) is 0 Å². The van der Waals surface area contributed by atoms with E-state index in [1.165, 1.54) is 30.5 Å². The van der Waals surface area contributed by atoms with Gasteiger partial charge in [-0.1, -0.05) is 13.3 Å². The summed E-state index contributed by atoms with van der Waals surface area (Å²) in [6.45, 7) is 9.29. The van der Waals surface area contributed by atoms with Gasteiger partial charge in [0, 0.05) is 29.6 Å². The van der Waals surface area contributed by atoms with Crippen LogP contribution in [0.4, 0.5) is 4.79 Å². The number of amides is 1. The number of nitrogens with one attached hydrogen (secondary N) is 1. The van der Waals surface area contributed by atoms with Gasteiger partial charge < -0.3 is 9.64 Å². The summed E-state index contributed by atoms with van der Waals surface area (Å²) in [6, 6.07) is 0. The molecule has 21 heavy (non-hydrogen) atoms. The third-order valence-electron chi connectivity index (χ3n) is 4.61. The van der Waals surface area contributed by atoms with E-state index >= 15 is 0 Å². The first-order valence-corrected chi connectivity index (χ1v) is 7.83. The number of aromatic nitrogens is 2. The van der Waals surface area contributed by atoms with E-state index in [9.17, 15) is 4.79 Å². The Bertz CT molecular complexity index is 552. The molecule has 0 unspecified atom stereocenters. The van der Waals surface area contributed by atoms with Crippen molar-refractivity contribution in [3.63, 3.8) is 0 Å². The molecule has 1 fully saturated rings. The van der Waals surface area contributed by atoms with E-state index in [-0.39, 0.29) is 11.5 Å². The van der Waals surface area contributed by atoms with Crippen molar-refractivity contribution in [3.8, 4) is 0 Å². The van der Waals surface area contributed by atoms with Crippen LogP contribution in [0.15, 0.2) is 0 Å². The van der Waals surface area contributed by atoms with Gasteiger partial charge in [0.05, 0.1) is 12.2 Å². The fourth-order valence-electron chi connectivity index (χ4n) is 3.22. The summed E-state index contributed by atoms with van der Waals surface area (Å²) in [7, 11) is 0. The molecule has 1 N–H and O–H groups in total. The van der Waals surface area contributed by atoms with E-state index in [0.29, 0.717) is 13.1 Å². The van der Waals surface area contributed by atoms with Gasteiger partial charge >= 0.3 is 6.09 Å². The molecule has 2 aliphatic rings. The van der Waals surface area contributed by atoms with Gasteiger partial charge in [-0.05, 0) is 33.6 Å². The molecule has 0 radical (unpaired) electrons. The van der Waals surface area contributed by atoms with Crippen LogP contribution in [0.2, 0.25) is 0 Å². The summed E-state index contributed by atoms with van der Waals surface area (Å²) in [5.41, 5.74) is 3.32. The summed E-state index contributed by atoms with van der Waals surface area (Å²) in [5, 5.41) is 7.74. The zero-order chi connectivity index (χ0) is 15.3. The van der Waals surface area contributed by atoms with Crippen LogP contribution in [-0.4, -0.2) is 33.3 Å². The Kier molecular flexibility index (Phi) is 3.26. The molecule has 0 bridgehead atoms. The molecule has 2 heterocycles. The maximum atomic E-state index is 12.3. The Balaban J connectivity index is 1.78. The number of nitrogens with zero attached hydrogens (tertiary/aromatic N) is 2. The monoisotopic (exact) mass is 291 g/mol. The quantitative estimate of drug-likeness (QED) is 0.864. The number of carbonyl (C=O) groups is 1. The Morgan fingerprint density at radius 3 is 2.67 bits per heavy atom. The average molecular weight is 291 g/mol. The molecular formula is C16H25N3O2. The van der Waals surface area contributed by atoms with Crippen molar-refractivity contribution in [1.29, 1.82) is 0 Å². The van der Waals surface area contributed by atoms with Crippen molar-refractivity contribution in [2.24, 2.45) is 0 Å². The molecule has 116 valence electrons. The van der Waals surface area contributed by atoms with Gasteiger partial charge in [-0.2, -0.15) is 5.10 Å².